The fourth-order valence-electron chi connectivity index (χ4n) is 2.76. The first-order chi connectivity index (χ1) is 9.50. The number of nitrogens with two attached hydrogens (primary N) is 1. The van der Waals surface area contributed by atoms with Crippen LogP contribution in [0.4, 0.5) is 0 Å². The first-order valence-electron chi connectivity index (χ1n) is 8.21. The molecule has 1 aliphatic carbocycles. The van der Waals surface area contributed by atoms with Crippen LogP contribution in [0.3, 0.4) is 0 Å². The van der Waals surface area contributed by atoms with Crippen LogP contribution in [0.1, 0.15) is 72.1 Å². The van der Waals surface area contributed by atoms with Crippen molar-refractivity contribution >= 4 is 5.91 Å². The van der Waals surface area contributed by atoms with E-state index in [-0.39, 0.29) is 17.5 Å². The van der Waals surface area contributed by atoms with E-state index in [0.717, 1.165) is 25.7 Å². The molecule has 4 nitrogen and oxygen atoms in total. The van der Waals surface area contributed by atoms with Gasteiger partial charge >= 0.3 is 0 Å². The van der Waals surface area contributed by atoms with Crippen LogP contribution in [0.15, 0.2) is 0 Å². The van der Waals surface area contributed by atoms with Crippen molar-refractivity contribution < 1.29 is 9.53 Å². The third-order valence-corrected chi connectivity index (χ3v) is 4.42. The molecule has 1 fully saturated rings. The smallest absolute Gasteiger partial charge is 0.249 e. The molecule has 3 N–H and O–H groups in total. The average Bonchev–Trinajstić information content (AvgIpc) is 2.67. The van der Waals surface area contributed by atoms with Crippen molar-refractivity contribution in [2.75, 3.05) is 6.61 Å². The third-order valence-electron chi connectivity index (χ3n) is 4.42. The van der Waals surface area contributed by atoms with Crippen molar-refractivity contribution in [3.63, 3.8) is 0 Å². The van der Waals surface area contributed by atoms with E-state index in [1.165, 1.54) is 25.7 Å². The molecule has 0 aromatic carbocycles. The Labute approximate surface area is 123 Å². The zero-order valence-corrected chi connectivity index (χ0v) is 13.4. The molecule has 0 spiro atoms. The molecule has 1 unspecified atom stereocenters. The van der Waals surface area contributed by atoms with Crippen molar-refractivity contribution in [1.29, 1.82) is 0 Å². The van der Waals surface area contributed by atoms with E-state index < -0.39 is 6.10 Å². The van der Waals surface area contributed by atoms with Gasteiger partial charge in [0.2, 0.25) is 5.91 Å². The maximum Gasteiger partial charge on any atom is 0.249 e. The molecule has 0 saturated heterocycles. The molecule has 1 aliphatic rings. The minimum Gasteiger partial charge on any atom is -0.367 e. The summed E-state index contributed by atoms with van der Waals surface area (Å²) in [5.74, 6) is -0.0177. The molecule has 0 aromatic heterocycles. The quantitative estimate of drug-likeness (QED) is 0.707. The third kappa shape index (κ3) is 5.80. The summed E-state index contributed by atoms with van der Waals surface area (Å²) >= 11 is 0. The van der Waals surface area contributed by atoms with Gasteiger partial charge in [-0.3, -0.25) is 4.79 Å². The van der Waals surface area contributed by atoms with Gasteiger partial charge in [-0.2, -0.15) is 0 Å². The topological polar surface area (TPSA) is 64.3 Å². The number of carbonyl (C=O) groups is 1. The lowest BCUT2D eigenvalue weighted by Gasteiger charge is -2.29. The first-order valence-corrected chi connectivity index (χ1v) is 8.21. The van der Waals surface area contributed by atoms with Crippen LogP contribution in [0, 0.1) is 0 Å². The molecule has 0 aliphatic heterocycles. The second kappa shape index (κ2) is 8.63. The Morgan fingerprint density at radius 1 is 1.20 bits per heavy atom. The molecule has 0 bridgehead atoms. The SMILES string of the molecule is CCC(CC)NC(=O)C(C)OCC1(N)CCCCCC1. The van der Waals surface area contributed by atoms with E-state index in [2.05, 4.69) is 19.2 Å². The molecule has 1 saturated carbocycles. The summed E-state index contributed by atoms with van der Waals surface area (Å²) in [6.45, 7) is 6.48. The molecule has 0 radical (unpaired) electrons. The Kier molecular flexibility index (Phi) is 7.52. The zero-order chi connectivity index (χ0) is 15.0. The van der Waals surface area contributed by atoms with E-state index in [1.807, 2.05) is 6.92 Å². The van der Waals surface area contributed by atoms with Crippen molar-refractivity contribution in [2.45, 2.75) is 89.8 Å². The molecule has 0 heterocycles. The van der Waals surface area contributed by atoms with Gasteiger partial charge in [0.1, 0.15) is 6.10 Å². The lowest BCUT2D eigenvalue weighted by Crippen LogP contribution is -2.47. The maximum atomic E-state index is 12.0. The van der Waals surface area contributed by atoms with Crippen LogP contribution in [-0.4, -0.2) is 30.2 Å². The van der Waals surface area contributed by atoms with Crippen molar-refractivity contribution in [1.82, 2.24) is 5.32 Å². The molecular weight excluding hydrogens is 252 g/mol. The van der Waals surface area contributed by atoms with Gasteiger partial charge in [-0.25, -0.2) is 0 Å². The Morgan fingerprint density at radius 3 is 2.25 bits per heavy atom. The van der Waals surface area contributed by atoms with Gasteiger partial charge in [0.25, 0.3) is 0 Å². The molecule has 0 aromatic rings. The molecule has 1 atom stereocenters. The number of rotatable bonds is 7. The minimum atomic E-state index is -0.417. The summed E-state index contributed by atoms with van der Waals surface area (Å²) in [7, 11) is 0. The highest BCUT2D eigenvalue weighted by Crippen LogP contribution is 2.25. The van der Waals surface area contributed by atoms with Crippen LogP contribution in [0.5, 0.6) is 0 Å². The zero-order valence-electron chi connectivity index (χ0n) is 13.4. The molecule has 20 heavy (non-hydrogen) atoms. The average molecular weight is 284 g/mol. The number of amides is 1. The number of nitrogens with one attached hydrogen (secondary N) is 1. The van der Waals surface area contributed by atoms with E-state index >= 15 is 0 Å². The van der Waals surface area contributed by atoms with Crippen LogP contribution in [-0.2, 0) is 9.53 Å². The van der Waals surface area contributed by atoms with Crippen molar-refractivity contribution in [2.24, 2.45) is 5.73 Å². The minimum absolute atomic E-state index is 0.0177. The Hall–Kier alpha value is -0.610. The molecule has 1 rings (SSSR count). The predicted octanol–water partition coefficient (Wildman–Crippen LogP) is 2.75. The summed E-state index contributed by atoms with van der Waals surface area (Å²) < 4.78 is 5.75. The van der Waals surface area contributed by atoms with Gasteiger partial charge in [0.05, 0.1) is 6.61 Å². The van der Waals surface area contributed by atoms with Crippen LogP contribution < -0.4 is 11.1 Å². The molecule has 118 valence electrons. The van der Waals surface area contributed by atoms with Gasteiger partial charge in [0.15, 0.2) is 0 Å². The highest BCUT2D eigenvalue weighted by atomic mass is 16.5. The van der Waals surface area contributed by atoms with Gasteiger partial charge < -0.3 is 15.8 Å². The largest absolute Gasteiger partial charge is 0.367 e. The van der Waals surface area contributed by atoms with Crippen molar-refractivity contribution in [3.05, 3.63) is 0 Å². The Balaban J connectivity index is 2.37. The van der Waals surface area contributed by atoms with Crippen LogP contribution >= 0.6 is 0 Å². The molecule has 1 amide bonds. The highest BCUT2D eigenvalue weighted by Gasteiger charge is 2.28. The highest BCUT2D eigenvalue weighted by molar-refractivity contribution is 5.80. The number of ether oxygens (including phenoxy) is 1. The van der Waals surface area contributed by atoms with Crippen LogP contribution in [0.2, 0.25) is 0 Å². The summed E-state index contributed by atoms with van der Waals surface area (Å²) in [6.07, 6.45) is 8.39. The Morgan fingerprint density at radius 2 is 1.75 bits per heavy atom. The monoisotopic (exact) mass is 284 g/mol. The summed E-state index contributed by atoms with van der Waals surface area (Å²) in [6, 6.07) is 0.248. The van der Waals surface area contributed by atoms with Crippen LogP contribution in [0.25, 0.3) is 0 Å². The van der Waals surface area contributed by atoms with E-state index in [4.69, 9.17) is 10.5 Å². The van der Waals surface area contributed by atoms with Gasteiger partial charge in [0, 0.05) is 11.6 Å². The predicted molar refractivity (Wildman–Crippen MR) is 82.5 cm³/mol. The number of hydrogen-bond donors (Lipinski definition) is 2. The first kappa shape index (κ1) is 17.4. The summed E-state index contributed by atoms with van der Waals surface area (Å²) in [5, 5.41) is 3.02. The second-order valence-electron chi connectivity index (χ2n) is 6.25. The lowest BCUT2D eigenvalue weighted by atomic mass is 9.92. The Bertz CT molecular complexity index is 282. The second-order valence-corrected chi connectivity index (χ2v) is 6.25. The van der Waals surface area contributed by atoms with Gasteiger partial charge in [-0.15, -0.1) is 0 Å². The van der Waals surface area contributed by atoms with Gasteiger partial charge in [-0.05, 0) is 32.6 Å². The molecular formula is C16H32N2O2. The van der Waals surface area contributed by atoms with Gasteiger partial charge in [-0.1, -0.05) is 39.5 Å². The normalized spacial score (nSPS) is 20.4. The fraction of sp³-hybridized carbons (Fsp3) is 0.938. The number of hydrogen-bond acceptors (Lipinski definition) is 3. The standard InChI is InChI=1S/C16H32N2O2/c1-4-14(5-2)18-15(19)13(3)20-12-16(17)10-8-6-7-9-11-16/h13-14H,4-12,17H2,1-3H3,(H,18,19). The fourth-order valence-corrected chi connectivity index (χ4v) is 2.76. The van der Waals surface area contributed by atoms with Crippen molar-refractivity contribution in [3.8, 4) is 0 Å². The molecule has 4 heteroatoms. The number of carbonyl (C=O) groups excluding carboxylic acids is 1. The maximum absolute atomic E-state index is 12.0. The summed E-state index contributed by atoms with van der Waals surface area (Å²) in [4.78, 5) is 12.0. The van der Waals surface area contributed by atoms with E-state index in [0.29, 0.717) is 6.61 Å². The van der Waals surface area contributed by atoms with E-state index in [1.54, 1.807) is 0 Å². The lowest BCUT2D eigenvalue weighted by molar-refractivity contribution is -0.133. The van der Waals surface area contributed by atoms with E-state index in [9.17, 15) is 4.79 Å². The summed E-state index contributed by atoms with van der Waals surface area (Å²) in [5.41, 5.74) is 6.17.